The van der Waals surface area contributed by atoms with Gasteiger partial charge < -0.3 is 19.4 Å². The molecular formula is C26H22N4O4S. The minimum Gasteiger partial charge on any atom is -0.494 e. The van der Waals surface area contributed by atoms with Gasteiger partial charge in [0.25, 0.3) is 5.69 Å². The van der Waals surface area contributed by atoms with Crippen LogP contribution in [0, 0.1) is 10.1 Å². The molecule has 0 amide bonds. The van der Waals surface area contributed by atoms with E-state index in [4.69, 9.17) is 21.4 Å². The maximum Gasteiger partial charge on any atom is 0.269 e. The third-order valence-electron chi connectivity index (χ3n) is 5.80. The van der Waals surface area contributed by atoms with Crippen LogP contribution in [-0.4, -0.2) is 21.6 Å². The number of aromatic nitrogens is 1. The second kappa shape index (κ2) is 9.55. The van der Waals surface area contributed by atoms with Gasteiger partial charge in [0.1, 0.15) is 23.3 Å². The van der Waals surface area contributed by atoms with Crippen molar-refractivity contribution in [3.05, 3.63) is 107 Å². The topological polar surface area (TPSA) is 93.7 Å². The first-order valence-corrected chi connectivity index (χ1v) is 11.5. The molecule has 35 heavy (non-hydrogen) atoms. The lowest BCUT2D eigenvalue weighted by molar-refractivity contribution is -0.384. The number of benzene rings is 2. The number of anilines is 1. The molecule has 0 saturated carbocycles. The average molecular weight is 487 g/mol. The largest absolute Gasteiger partial charge is 0.494 e. The first kappa shape index (κ1) is 22.5. The van der Waals surface area contributed by atoms with Gasteiger partial charge in [-0.1, -0.05) is 6.07 Å². The SMILES string of the molecule is CCOc1ccc(N2C(=S)N[C@@H](c3ccccn3)[C@@H]2c2ccc(-c3ccc([N+](=O)[O-])cc3)o2)cc1. The first-order chi connectivity index (χ1) is 17.0. The van der Waals surface area contributed by atoms with Crippen LogP contribution in [0.1, 0.15) is 30.5 Å². The average Bonchev–Trinajstić information content (AvgIpc) is 3.50. The summed E-state index contributed by atoms with van der Waals surface area (Å²) >= 11 is 5.75. The predicted molar refractivity (Wildman–Crippen MR) is 136 cm³/mol. The van der Waals surface area contributed by atoms with Crippen LogP contribution in [0.3, 0.4) is 0 Å². The van der Waals surface area contributed by atoms with E-state index in [0.29, 0.717) is 23.2 Å². The Morgan fingerprint density at radius 1 is 1.09 bits per heavy atom. The number of furan rings is 1. The Morgan fingerprint density at radius 2 is 1.86 bits per heavy atom. The summed E-state index contributed by atoms with van der Waals surface area (Å²) in [5.41, 5.74) is 2.50. The molecule has 9 heteroatoms. The van der Waals surface area contributed by atoms with Gasteiger partial charge in [-0.2, -0.15) is 0 Å². The molecule has 1 aliphatic rings. The Morgan fingerprint density at radius 3 is 2.51 bits per heavy atom. The van der Waals surface area contributed by atoms with Crippen molar-refractivity contribution in [1.82, 2.24) is 10.3 Å². The van der Waals surface area contributed by atoms with Crippen molar-refractivity contribution >= 4 is 28.7 Å². The summed E-state index contributed by atoms with van der Waals surface area (Å²) in [6, 6.07) is 23.0. The standard InChI is InChI=1S/C26H22N4O4S/c1-2-33-20-12-10-18(11-13-20)29-25(24(28-26(29)35)21-5-3-4-16-27-21)23-15-14-22(34-23)17-6-8-19(9-7-17)30(31)32/h3-16,24-25H,2H2,1H3,(H,28,35)/t24-,25-/m0/s1. The fourth-order valence-electron chi connectivity index (χ4n) is 4.21. The van der Waals surface area contributed by atoms with Crippen LogP contribution >= 0.6 is 12.2 Å². The van der Waals surface area contributed by atoms with Crippen molar-refractivity contribution in [2.75, 3.05) is 11.5 Å². The molecule has 0 radical (unpaired) electrons. The lowest BCUT2D eigenvalue weighted by Crippen LogP contribution is -2.29. The minimum absolute atomic E-state index is 0.0303. The van der Waals surface area contributed by atoms with Gasteiger partial charge in [0.2, 0.25) is 0 Å². The number of nitro groups is 1. The highest BCUT2D eigenvalue weighted by atomic mass is 32.1. The Balaban J connectivity index is 1.53. The Kier molecular flexibility index (Phi) is 6.15. The summed E-state index contributed by atoms with van der Waals surface area (Å²) in [6.07, 6.45) is 1.75. The molecule has 1 saturated heterocycles. The molecule has 1 fully saturated rings. The van der Waals surface area contributed by atoms with Crippen LogP contribution in [0.15, 0.2) is 89.5 Å². The number of non-ortho nitro benzene ring substituents is 1. The summed E-state index contributed by atoms with van der Waals surface area (Å²) in [5, 5.41) is 15.0. The number of hydrogen-bond donors (Lipinski definition) is 1. The van der Waals surface area contributed by atoms with Gasteiger partial charge in [0.05, 0.1) is 23.3 Å². The zero-order valence-corrected chi connectivity index (χ0v) is 19.6. The highest BCUT2D eigenvalue weighted by molar-refractivity contribution is 7.80. The predicted octanol–water partition coefficient (Wildman–Crippen LogP) is 5.83. The van der Waals surface area contributed by atoms with Crippen LogP contribution in [0.4, 0.5) is 11.4 Å². The van der Waals surface area contributed by atoms with E-state index >= 15 is 0 Å². The lowest BCUT2D eigenvalue weighted by atomic mass is 10.0. The van der Waals surface area contributed by atoms with Gasteiger partial charge in [0, 0.05) is 29.6 Å². The molecule has 0 aliphatic carbocycles. The van der Waals surface area contributed by atoms with E-state index in [1.807, 2.05) is 66.4 Å². The lowest BCUT2D eigenvalue weighted by Gasteiger charge is -2.26. The molecule has 3 heterocycles. The number of pyridine rings is 1. The zero-order chi connectivity index (χ0) is 24.4. The van der Waals surface area contributed by atoms with E-state index in [1.54, 1.807) is 18.3 Å². The Hall–Kier alpha value is -4.24. The maximum atomic E-state index is 11.0. The van der Waals surface area contributed by atoms with Crippen LogP contribution in [-0.2, 0) is 0 Å². The monoisotopic (exact) mass is 486 g/mol. The number of thiocarbonyl (C=S) groups is 1. The number of hydrogen-bond acceptors (Lipinski definition) is 6. The summed E-state index contributed by atoms with van der Waals surface area (Å²) < 4.78 is 11.9. The third-order valence-corrected chi connectivity index (χ3v) is 6.12. The molecule has 0 spiro atoms. The molecule has 0 bridgehead atoms. The zero-order valence-electron chi connectivity index (χ0n) is 18.8. The van der Waals surface area contributed by atoms with E-state index in [0.717, 1.165) is 22.7 Å². The summed E-state index contributed by atoms with van der Waals surface area (Å²) in [4.78, 5) is 17.1. The van der Waals surface area contributed by atoms with Crippen molar-refractivity contribution < 1.29 is 14.1 Å². The van der Waals surface area contributed by atoms with Crippen molar-refractivity contribution in [2.24, 2.45) is 0 Å². The number of nitrogens with one attached hydrogen (secondary N) is 1. The number of rotatable bonds is 7. The normalized spacial score (nSPS) is 17.3. The fourth-order valence-corrected chi connectivity index (χ4v) is 4.55. The molecule has 2 atom stereocenters. The van der Waals surface area contributed by atoms with E-state index in [9.17, 15) is 10.1 Å². The van der Waals surface area contributed by atoms with Crippen LogP contribution in [0.2, 0.25) is 0 Å². The van der Waals surface area contributed by atoms with E-state index < -0.39 is 4.92 Å². The summed E-state index contributed by atoms with van der Waals surface area (Å²) in [5.74, 6) is 2.08. The number of nitrogens with zero attached hydrogens (tertiary/aromatic N) is 3. The number of nitro benzene ring substituents is 1. The molecule has 0 unspecified atom stereocenters. The van der Waals surface area contributed by atoms with Crippen molar-refractivity contribution in [2.45, 2.75) is 19.0 Å². The van der Waals surface area contributed by atoms with Crippen LogP contribution in [0.25, 0.3) is 11.3 Å². The van der Waals surface area contributed by atoms with Crippen molar-refractivity contribution in [3.63, 3.8) is 0 Å². The van der Waals surface area contributed by atoms with Crippen LogP contribution < -0.4 is 15.0 Å². The maximum absolute atomic E-state index is 11.0. The van der Waals surface area contributed by atoms with Gasteiger partial charge in [-0.3, -0.25) is 15.1 Å². The van der Waals surface area contributed by atoms with Gasteiger partial charge in [0.15, 0.2) is 5.11 Å². The summed E-state index contributed by atoms with van der Waals surface area (Å²) in [6.45, 7) is 2.53. The highest BCUT2D eigenvalue weighted by Crippen LogP contribution is 2.43. The molecule has 4 aromatic rings. The molecule has 2 aromatic carbocycles. The first-order valence-electron chi connectivity index (χ1n) is 11.1. The second-order valence-corrected chi connectivity index (χ2v) is 8.32. The molecule has 1 N–H and O–H groups in total. The van der Waals surface area contributed by atoms with Gasteiger partial charge >= 0.3 is 0 Å². The molecule has 2 aromatic heterocycles. The quantitative estimate of drug-likeness (QED) is 0.198. The smallest absolute Gasteiger partial charge is 0.269 e. The number of ether oxygens (including phenoxy) is 1. The van der Waals surface area contributed by atoms with E-state index in [2.05, 4.69) is 10.3 Å². The van der Waals surface area contributed by atoms with Crippen molar-refractivity contribution in [1.29, 1.82) is 0 Å². The van der Waals surface area contributed by atoms with E-state index in [-0.39, 0.29) is 17.8 Å². The molecule has 176 valence electrons. The van der Waals surface area contributed by atoms with Gasteiger partial charge in [-0.25, -0.2) is 0 Å². The van der Waals surface area contributed by atoms with Gasteiger partial charge in [-0.15, -0.1) is 0 Å². The summed E-state index contributed by atoms with van der Waals surface area (Å²) in [7, 11) is 0. The minimum atomic E-state index is -0.422. The second-order valence-electron chi connectivity index (χ2n) is 7.93. The van der Waals surface area contributed by atoms with Crippen molar-refractivity contribution in [3.8, 4) is 17.1 Å². The van der Waals surface area contributed by atoms with Gasteiger partial charge in [-0.05, 0) is 79.8 Å². The van der Waals surface area contributed by atoms with E-state index in [1.165, 1.54) is 12.1 Å². The van der Waals surface area contributed by atoms with Crippen LogP contribution in [0.5, 0.6) is 5.75 Å². The third kappa shape index (κ3) is 4.45. The molecular weight excluding hydrogens is 464 g/mol. The molecule has 8 nitrogen and oxygen atoms in total. The Bertz CT molecular complexity index is 1340. The highest BCUT2D eigenvalue weighted by Gasteiger charge is 2.42. The Labute approximate surface area is 207 Å². The molecule has 1 aliphatic heterocycles. The molecule has 5 rings (SSSR count). The fraction of sp³-hybridized carbons (Fsp3) is 0.154.